The Labute approximate surface area is 146 Å². The molecule has 5 heteroatoms. The normalized spacial score (nSPS) is 18.1. The van der Waals surface area contributed by atoms with E-state index in [2.05, 4.69) is 19.2 Å². The van der Waals surface area contributed by atoms with Crippen molar-refractivity contribution in [3.05, 3.63) is 0 Å². The topological polar surface area (TPSA) is 66.5 Å². The van der Waals surface area contributed by atoms with E-state index in [1.165, 1.54) is 24.2 Å². The number of likely N-dealkylation sites (tertiary alicyclic amines) is 1. The second-order valence-corrected chi connectivity index (χ2v) is 7.76. The first-order valence-electron chi connectivity index (χ1n) is 9.44. The number of hydrogen-bond acceptors (Lipinski definition) is 3. The maximum Gasteiger partial charge on any atom is 0.252 e. The molecule has 1 atom stereocenters. The highest BCUT2D eigenvalue weighted by Gasteiger charge is 2.39. The molecule has 0 unspecified atom stereocenters. The minimum Gasteiger partial charge on any atom is -0.344 e. The largest absolute Gasteiger partial charge is 0.344 e. The minimum absolute atomic E-state index is 0.104. The molecule has 0 aromatic carbocycles. The van der Waals surface area contributed by atoms with Gasteiger partial charge in [0.15, 0.2) is 0 Å². The van der Waals surface area contributed by atoms with E-state index in [1.54, 1.807) is 0 Å². The zero-order valence-electron chi connectivity index (χ0n) is 15.8. The van der Waals surface area contributed by atoms with Crippen LogP contribution in [0, 0.1) is 11.8 Å². The molecule has 24 heavy (non-hydrogen) atoms. The van der Waals surface area contributed by atoms with E-state index < -0.39 is 6.04 Å². The van der Waals surface area contributed by atoms with Crippen LogP contribution in [0.2, 0.25) is 0 Å². The number of amides is 3. The summed E-state index contributed by atoms with van der Waals surface area (Å²) >= 11 is 0. The highest BCUT2D eigenvalue weighted by atomic mass is 16.2. The second kappa shape index (κ2) is 10.5. The molecule has 138 valence electrons. The molecule has 1 aliphatic rings. The predicted molar refractivity (Wildman–Crippen MR) is 95.3 cm³/mol. The molecule has 0 saturated carbocycles. The first kappa shape index (κ1) is 20.7. The number of nitrogens with one attached hydrogen (secondary N) is 1. The molecule has 0 aromatic heterocycles. The van der Waals surface area contributed by atoms with Crippen molar-refractivity contribution in [3.8, 4) is 0 Å². The molecule has 0 aromatic rings. The third-order valence-electron chi connectivity index (χ3n) is 4.31. The Kier molecular flexibility index (Phi) is 9.01. The molecule has 0 bridgehead atoms. The maximum atomic E-state index is 12.2. The molecule has 1 fully saturated rings. The predicted octanol–water partition coefficient (Wildman–Crippen LogP) is 3.27. The van der Waals surface area contributed by atoms with E-state index in [9.17, 15) is 14.4 Å². The molecule has 0 radical (unpaired) electrons. The second-order valence-electron chi connectivity index (χ2n) is 7.76. The minimum atomic E-state index is -0.658. The van der Waals surface area contributed by atoms with Crippen molar-refractivity contribution in [2.24, 2.45) is 11.8 Å². The van der Waals surface area contributed by atoms with Gasteiger partial charge in [-0.1, -0.05) is 59.8 Å². The summed E-state index contributed by atoms with van der Waals surface area (Å²) in [5.41, 5.74) is 0. The van der Waals surface area contributed by atoms with Crippen LogP contribution in [-0.2, 0) is 14.4 Å². The molecule has 5 nitrogen and oxygen atoms in total. The van der Waals surface area contributed by atoms with Gasteiger partial charge in [0, 0.05) is 13.0 Å². The fourth-order valence-corrected chi connectivity index (χ4v) is 2.99. The summed E-state index contributed by atoms with van der Waals surface area (Å²) in [6.45, 7) is 8.84. The van der Waals surface area contributed by atoms with Gasteiger partial charge in [0.05, 0.1) is 6.42 Å². The van der Waals surface area contributed by atoms with Crippen molar-refractivity contribution >= 4 is 17.7 Å². The van der Waals surface area contributed by atoms with Gasteiger partial charge in [-0.3, -0.25) is 19.3 Å². The summed E-state index contributed by atoms with van der Waals surface area (Å²) in [6.07, 6.45) is 7.33. The Hall–Kier alpha value is -1.39. The van der Waals surface area contributed by atoms with Gasteiger partial charge in [-0.2, -0.15) is 0 Å². The lowest BCUT2D eigenvalue weighted by molar-refractivity contribution is -0.140. The Bertz CT molecular complexity index is 432. The fraction of sp³-hybridized carbons (Fsp3) is 0.842. The monoisotopic (exact) mass is 338 g/mol. The van der Waals surface area contributed by atoms with Crippen LogP contribution in [0.4, 0.5) is 0 Å². The number of hydrogen-bond donors (Lipinski definition) is 1. The Balaban J connectivity index is 2.19. The third-order valence-corrected chi connectivity index (χ3v) is 4.31. The quantitative estimate of drug-likeness (QED) is 0.464. The van der Waals surface area contributed by atoms with Crippen LogP contribution < -0.4 is 5.32 Å². The van der Waals surface area contributed by atoms with E-state index in [4.69, 9.17) is 0 Å². The lowest BCUT2D eigenvalue weighted by Crippen LogP contribution is -2.42. The van der Waals surface area contributed by atoms with Crippen LogP contribution in [0.5, 0.6) is 0 Å². The summed E-state index contributed by atoms with van der Waals surface area (Å²) in [5, 5.41) is 2.73. The smallest absolute Gasteiger partial charge is 0.252 e. The van der Waals surface area contributed by atoms with Crippen molar-refractivity contribution in [2.45, 2.75) is 85.1 Å². The summed E-state index contributed by atoms with van der Waals surface area (Å²) in [6, 6.07) is -0.658. The first-order valence-corrected chi connectivity index (χ1v) is 9.44. The zero-order chi connectivity index (χ0) is 18.1. The Morgan fingerprint density at radius 2 is 1.67 bits per heavy atom. The van der Waals surface area contributed by atoms with E-state index in [0.717, 1.165) is 25.2 Å². The van der Waals surface area contributed by atoms with Crippen molar-refractivity contribution in [1.82, 2.24) is 10.2 Å². The third kappa shape index (κ3) is 7.45. The van der Waals surface area contributed by atoms with Gasteiger partial charge < -0.3 is 5.32 Å². The average Bonchev–Trinajstić information content (AvgIpc) is 2.73. The number of imide groups is 1. The molecule has 1 rings (SSSR count). The number of rotatable bonds is 11. The van der Waals surface area contributed by atoms with Gasteiger partial charge in [-0.05, 0) is 18.3 Å². The van der Waals surface area contributed by atoms with Gasteiger partial charge >= 0.3 is 0 Å². The standard InChI is InChI=1S/C19H34N2O3/c1-14(2)10-8-6-5-7-9-11-17(22)20-16-12-18(23)21(19(16)24)13-15(3)4/h14-16H,5-13H2,1-4H3,(H,20,22)/t16-/m1/s1. The molecule has 0 spiro atoms. The SMILES string of the molecule is CC(C)CCCCCCCC(=O)N[C@@H]1CC(=O)N(CC(C)C)C1=O. The number of nitrogens with zero attached hydrogens (tertiary/aromatic N) is 1. The molecule has 1 aliphatic heterocycles. The molecular formula is C19H34N2O3. The summed E-state index contributed by atoms with van der Waals surface area (Å²) in [4.78, 5) is 37.3. The highest BCUT2D eigenvalue weighted by Crippen LogP contribution is 2.16. The molecule has 1 heterocycles. The van der Waals surface area contributed by atoms with Gasteiger partial charge in [0.25, 0.3) is 5.91 Å². The van der Waals surface area contributed by atoms with E-state index >= 15 is 0 Å². The van der Waals surface area contributed by atoms with Crippen LogP contribution in [-0.4, -0.2) is 35.2 Å². The van der Waals surface area contributed by atoms with Gasteiger partial charge in [0.1, 0.15) is 6.04 Å². The fourth-order valence-electron chi connectivity index (χ4n) is 2.99. The van der Waals surface area contributed by atoms with Gasteiger partial charge in [-0.15, -0.1) is 0 Å². The van der Waals surface area contributed by atoms with Crippen molar-refractivity contribution in [3.63, 3.8) is 0 Å². The average molecular weight is 338 g/mol. The Morgan fingerprint density at radius 1 is 1.04 bits per heavy atom. The lowest BCUT2D eigenvalue weighted by atomic mass is 10.0. The summed E-state index contributed by atoms with van der Waals surface area (Å²) in [7, 11) is 0. The van der Waals surface area contributed by atoms with E-state index in [1.807, 2.05) is 13.8 Å². The first-order chi connectivity index (χ1) is 11.3. The zero-order valence-corrected chi connectivity index (χ0v) is 15.8. The van der Waals surface area contributed by atoms with Gasteiger partial charge in [-0.25, -0.2) is 0 Å². The number of carbonyl (C=O) groups excluding carboxylic acids is 3. The van der Waals surface area contributed by atoms with Crippen LogP contribution in [0.25, 0.3) is 0 Å². The van der Waals surface area contributed by atoms with Crippen molar-refractivity contribution in [2.75, 3.05) is 6.54 Å². The van der Waals surface area contributed by atoms with Crippen LogP contribution in [0.1, 0.15) is 79.1 Å². The van der Waals surface area contributed by atoms with E-state index in [0.29, 0.717) is 13.0 Å². The van der Waals surface area contributed by atoms with Crippen LogP contribution >= 0.6 is 0 Å². The maximum absolute atomic E-state index is 12.2. The number of unbranched alkanes of at least 4 members (excludes halogenated alkanes) is 4. The van der Waals surface area contributed by atoms with E-state index in [-0.39, 0.29) is 30.1 Å². The highest BCUT2D eigenvalue weighted by molar-refractivity contribution is 6.06. The molecule has 1 N–H and O–H groups in total. The summed E-state index contributed by atoms with van der Waals surface area (Å²) < 4.78 is 0. The van der Waals surface area contributed by atoms with Crippen molar-refractivity contribution in [1.29, 1.82) is 0 Å². The molecule has 1 saturated heterocycles. The lowest BCUT2D eigenvalue weighted by Gasteiger charge is -2.17. The summed E-state index contributed by atoms with van der Waals surface area (Å²) in [5.74, 6) is 0.454. The Morgan fingerprint density at radius 3 is 2.29 bits per heavy atom. The molecule has 3 amide bonds. The van der Waals surface area contributed by atoms with Crippen molar-refractivity contribution < 1.29 is 14.4 Å². The number of carbonyl (C=O) groups is 3. The van der Waals surface area contributed by atoms with Crippen LogP contribution in [0.15, 0.2) is 0 Å². The molecule has 0 aliphatic carbocycles. The van der Waals surface area contributed by atoms with Gasteiger partial charge in [0.2, 0.25) is 11.8 Å². The molecular weight excluding hydrogens is 304 g/mol. The van der Waals surface area contributed by atoms with Crippen LogP contribution in [0.3, 0.4) is 0 Å².